The van der Waals surface area contributed by atoms with E-state index in [1.807, 2.05) is 38.1 Å². The van der Waals surface area contributed by atoms with Gasteiger partial charge in [-0.05, 0) is 37.6 Å². The quantitative estimate of drug-likeness (QED) is 0.644. The van der Waals surface area contributed by atoms with Crippen LogP contribution in [0.3, 0.4) is 0 Å². The number of nitrogens with one attached hydrogen (secondary N) is 1. The van der Waals surface area contributed by atoms with E-state index in [4.69, 9.17) is 9.26 Å². The summed E-state index contributed by atoms with van der Waals surface area (Å²) in [5.74, 6) is 1.21. The summed E-state index contributed by atoms with van der Waals surface area (Å²) in [6.45, 7) is 8.24. The van der Waals surface area contributed by atoms with E-state index >= 15 is 0 Å². The third kappa shape index (κ3) is 5.04. The molecule has 0 spiro atoms. The molecule has 3 aromatic rings. The van der Waals surface area contributed by atoms with E-state index in [0.717, 1.165) is 16.7 Å². The van der Waals surface area contributed by atoms with Gasteiger partial charge in [0.05, 0.1) is 6.54 Å². The number of carbonyl (C=O) groups excluding carboxylic acids is 1. The molecule has 0 saturated heterocycles. The molecule has 1 heterocycles. The zero-order valence-electron chi connectivity index (χ0n) is 15.4. The summed E-state index contributed by atoms with van der Waals surface area (Å²) in [7, 11) is 0. The van der Waals surface area contributed by atoms with Gasteiger partial charge in [-0.1, -0.05) is 47.6 Å². The fourth-order valence-electron chi connectivity index (χ4n) is 2.34. The third-order valence-electron chi connectivity index (χ3n) is 3.76. The van der Waals surface area contributed by atoms with Crippen molar-refractivity contribution in [1.82, 2.24) is 15.5 Å². The summed E-state index contributed by atoms with van der Waals surface area (Å²) >= 11 is 0. The van der Waals surface area contributed by atoms with Crippen LogP contribution in [-0.2, 0) is 6.54 Å². The maximum atomic E-state index is 12.3. The molecule has 2 aromatic carbocycles. The van der Waals surface area contributed by atoms with E-state index in [-0.39, 0.29) is 12.5 Å². The van der Waals surface area contributed by atoms with Crippen molar-refractivity contribution in [3.8, 4) is 17.1 Å². The summed E-state index contributed by atoms with van der Waals surface area (Å²) in [5, 5.41) is 6.73. The number of hydrogen-bond donors (Lipinski definition) is 1. The zero-order chi connectivity index (χ0) is 19.2. The van der Waals surface area contributed by atoms with Gasteiger partial charge in [0.1, 0.15) is 12.4 Å². The number of nitrogens with zero attached hydrogens (tertiary/aromatic N) is 2. The first-order chi connectivity index (χ1) is 13.0. The highest BCUT2D eigenvalue weighted by Crippen LogP contribution is 2.17. The average molecular weight is 363 g/mol. The van der Waals surface area contributed by atoms with Crippen LogP contribution in [0.25, 0.3) is 11.4 Å². The zero-order valence-corrected chi connectivity index (χ0v) is 15.4. The van der Waals surface area contributed by atoms with Gasteiger partial charge in [-0.25, -0.2) is 0 Å². The van der Waals surface area contributed by atoms with Crippen molar-refractivity contribution in [2.24, 2.45) is 0 Å². The standard InChI is InChI=1S/C21H21N3O3/c1-14(2)13-26-18-6-4-5-17(11-18)21(25)22-12-19-23-20(24-27-19)16-9-7-15(3)8-10-16/h4-11H,1,12-13H2,2-3H3,(H,22,25). The largest absolute Gasteiger partial charge is 0.489 e. The number of benzene rings is 2. The van der Waals surface area contributed by atoms with Crippen molar-refractivity contribution >= 4 is 5.91 Å². The highest BCUT2D eigenvalue weighted by Gasteiger charge is 2.11. The van der Waals surface area contributed by atoms with E-state index in [0.29, 0.717) is 29.6 Å². The van der Waals surface area contributed by atoms with E-state index in [1.54, 1.807) is 24.3 Å². The molecule has 138 valence electrons. The highest BCUT2D eigenvalue weighted by atomic mass is 16.5. The minimum Gasteiger partial charge on any atom is -0.489 e. The highest BCUT2D eigenvalue weighted by molar-refractivity contribution is 5.94. The van der Waals surface area contributed by atoms with E-state index in [2.05, 4.69) is 22.0 Å². The van der Waals surface area contributed by atoms with Crippen LogP contribution >= 0.6 is 0 Å². The normalized spacial score (nSPS) is 10.4. The lowest BCUT2D eigenvalue weighted by atomic mass is 10.1. The predicted molar refractivity (Wildman–Crippen MR) is 102 cm³/mol. The first kappa shape index (κ1) is 18.4. The van der Waals surface area contributed by atoms with Gasteiger partial charge < -0.3 is 14.6 Å². The fourth-order valence-corrected chi connectivity index (χ4v) is 2.34. The number of ether oxygens (including phenoxy) is 1. The lowest BCUT2D eigenvalue weighted by Gasteiger charge is -2.07. The molecule has 1 aromatic heterocycles. The first-order valence-corrected chi connectivity index (χ1v) is 8.56. The Kier molecular flexibility index (Phi) is 5.66. The molecule has 1 N–H and O–H groups in total. The van der Waals surface area contributed by atoms with Crippen LogP contribution < -0.4 is 10.1 Å². The molecule has 0 aliphatic heterocycles. The number of aryl methyl sites for hydroxylation is 1. The van der Waals surface area contributed by atoms with E-state index in [9.17, 15) is 4.79 Å². The van der Waals surface area contributed by atoms with Crippen LogP contribution in [0.5, 0.6) is 5.75 Å². The maximum absolute atomic E-state index is 12.3. The second-order valence-electron chi connectivity index (χ2n) is 6.33. The van der Waals surface area contributed by atoms with Crippen LogP contribution in [-0.4, -0.2) is 22.7 Å². The van der Waals surface area contributed by atoms with Gasteiger partial charge in [0.15, 0.2) is 0 Å². The monoisotopic (exact) mass is 363 g/mol. The summed E-state index contributed by atoms with van der Waals surface area (Å²) in [6.07, 6.45) is 0. The molecule has 0 saturated carbocycles. The van der Waals surface area contributed by atoms with Crippen LogP contribution in [0, 0.1) is 6.92 Å². The second-order valence-corrected chi connectivity index (χ2v) is 6.33. The van der Waals surface area contributed by atoms with Gasteiger partial charge in [-0.15, -0.1) is 0 Å². The molecule has 1 amide bonds. The smallest absolute Gasteiger partial charge is 0.251 e. The molecule has 3 rings (SSSR count). The van der Waals surface area contributed by atoms with Crippen molar-refractivity contribution in [3.63, 3.8) is 0 Å². The van der Waals surface area contributed by atoms with Crippen molar-refractivity contribution in [1.29, 1.82) is 0 Å². The number of rotatable bonds is 7. The molecule has 0 radical (unpaired) electrons. The Balaban J connectivity index is 1.60. The number of carbonyl (C=O) groups is 1. The van der Waals surface area contributed by atoms with Gasteiger partial charge in [-0.2, -0.15) is 4.98 Å². The maximum Gasteiger partial charge on any atom is 0.251 e. The Morgan fingerprint density at radius 2 is 2.00 bits per heavy atom. The first-order valence-electron chi connectivity index (χ1n) is 8.56. The van der Waals surface area contributed by atoms with Gasteiger partial charge in [0, 0.05) is 11.1 Å². The molecular weight excluding hydrogens is 342 g/mol. The molecule has 0 fully saturated rings. The lowest BCUT2D eigenvalue weighted by Crippen LogP contribution is -2.23. The Morgan fingerprint density at radius 1 is 1.22 bits per heavy atom. The Hall–Kier alpha value is -3.41. The summed E-state index contributed by atoms with van der Waals surface area (Å²) in [4.78, 5) is 16.7. The minimum absolute atomic E-state index is 0.147. The molecular formula is C21H21N3O3. The molecule has 0 aliphatic carbocycles. The second kappa shape index (κ2) is 8.31. The Morgan fingerprint density at radius 3 is 2.74 bits per heavy atom. The average Bonchev–Trinajstić information content (AvgIpc) is 3.14. The van der Waals surface area contributed by atoms with Gasteiger partial charge in [-0.3, -0.25) is 4.79 Å². The van der Waals surface area contributed by atoms with Crippen LogP contribution in [0.15, 0.2) is 65.2 Å². The van der Waals surface area contributed by atoms with Crippen LogP contribution in [0.4, 0.5) is 0 Å². The van der Waals surface area contributed by atoms with E-state index in [1.165, 1.54) is 0 Å². The molecule has 6 nitrogen and oxygen atoms in total. The SMILES string of the molecule is C=C(C)COc1cccc(C(=O)NCc2nc(-c3ccc(C)cc3)no2)c1. The topological polar surface area (TPSA) is 77.2 Å². The number of amides is 1. The third-order valence-corrected chi connectivity index (χ3v) is 3.76. The van der Waals surface area contributed by atoms with Crippen LogP contribution in [0.1, 0.15) is 28.7 Å². The molecule has 0 bridgehead atoms. The molecule has 0 atom stereocenters. The van der Waals surface area contributed by atoms with Crippen molar-refractivity contribution in [2.75, 3.05) is 6.61 Å². The number of aromatic nitrogens is 2. The Bertz CT molecular complexity index is 945. The van der Waals surface area contributed by atoms with Crippen LogP contribution in [0.2, 0.25) is 0 Å². The fraction of sp³-hybridized carbons (Fsp3) is 0.190. The molecule has 0 aliphatic rings. The van der Waals surface area contributed by atoms with Gasteiger partial charge in [0.2, 0.25) is 11.7 Å². The number of hydrogen-bond acceptors (Lipinski definition) is 5. The van der Waals surface area contributed by atoms with Gasteiger partial charge >= 0.3 is 0 Å². The van der Waals surface area contributed by atoms with E-state index < -0.39 is 0 Å². The van der Waals surface area contributed by atoms with Crippen molar-refractivity contribution < 1.29 is 14.1 Å². The Labute approximate surface area is 157 Å². The summed E-state index contributed by atoms with van der Waals surface area (Å²) < 4.78 is 10.8. The molecule has 0 unspecified atom stereocenters. The predicted octanol–water partition coefficient (Wildman–Crippen LogP) is 3.93. The molecule has 27 heavy (non-hydrogen) atoms. The lowest BCUT2D eigenvalue weighted by molar-refractivity contribution is 0.0946. The van der Waals surface area contributed by atoms with Gasteiger partial charge in [0.25, 0.3) is 5.91 Å². The van der Waals surface area contributed by atoms with Crippen molar-refractivity contribution in [2.45, 2.75) is 20.4 Å². The summed E-state index contributed by atoms with van der Waals surface area (Å²) in [6, 6.07) is 14.8. The summed E-state index contributed by atoms with van der Waals surface area (Å²) in [5.41, 5.74) is 3.42. The minimum atomic E-state index is -0.245. The van der Waals surface area contributed by atoms with Crippen molar-refractivity contribution in [3.05, 3.63) is 77.7 Å². The molecule has 6 heteroatoms.